The molecule has 0 spiro atoms. The zero-order valence-corrected chi connectivity index (χ0v) is 12.9. The summed E-state index contributed by atoms with van der Waals surface area (Å²) in [5.41, 5.74) is 4.16. The Balaban J connectivity index is 1.73. The lowest BCUT2D eigenvalue weighted by Gasteiger charge is -2.18. The molecule has 0 radical (unpaired) electrons. The van der Waals surface area contributed by atoms with E-state index in [1.165, 1.54) is 0 Å². The molecule has 1 aliphatic heterocycles. The number of carbonyl (C=O) groups is 1. The number of hydrogen-bond acceptors (Lipinski definition) is 2. The number of pyridine rings is 1. The highest BCUT2D eigenvalue weighted by Crippen LogP contribution is 2.20. The number of benzene rings is 1. The minimum atomic E-state index is 0.00980. The van der Waals surface area contributed by atoms with Crippen LogP contribution in [0.15, 0.2) is 42.6 Å². The van der Waals surface area contributed by atoms with Crippen molar-refractivity contribution in [1.29, 1.82) is 0 Å². The standard InChI is InChI=1S/C18H21N3O/c1-14-7-8-15(12-16-6-2-3-9-19-16)13-17(14)20-18(22)21-10-4-5-11-21/h2-3,6-9,13H,4-5,10-12H2,1H3,(H,20,22). The molecule has 4 heteroatoms. The van der Waals surface area contributed by atoms with Crippen molar-refractivity contribution in [1.82, 2.24) is 9.88 Å². The highest BCUT2D eigenvalue weighted by molar-refractivity contribution is 5.90. The molecule has 0 aliphatic carbocycles. The number of amides is 2. The third kappa shape index (κ3) is 3.45. The molecule has 0 atom stereocenters. The third-order valence-electron chi connectivity index (χ3n) is 4.05. The minimum absolute atomic E-state index is 0.00980. The van der Waals surface area contributed by atoms with Crippen LogP contribution in [0, 0.1) is 6.92 Å². The van der Waals surface area contributed by atoms with Crippen molar-refractivity contribution in [3.8, 4) is 0 Å². The highest BCUT2D eigenvalue weighted by Gasteiger charge is 2.18. The van der Waals surface area contributed by atoms with Crippen molar-refractivity contribution >= 4 is 11.7 Å². The Morgan fingerprint density at radius 3 is 2.77 bits per heavy atom. The predicted molar refractivity (Wildman–Crippen MR) is 88.0 cm³/mol. The predicted octanol–water partition coefficient (Wildman–Crippen LogP) is 3.61. The lowest BCUT2D eigenvalue weighted by atomic mass is 10.1. The van der Waals surface area contributed by atoms with Gasteiger partial charge in [0.15, 0.2) is 0 Å². The Labute approximate surface area is 131 Å². The summed E-state index contributed by atoms with van der Waals surface area (Å²) in [5.74, 6) is 0. The Hall–Kier alpha value is -2.36. The van der Waals surface area contributed by atoms with Gasteiger partial charge in [-0.3, -0.25) is 4.98 Å². The first-order valence-corrected chi connectivity index (χ1v) is 7.78. The first-order valence-electron chi connectivity index (χ1n) is 7.78. The van der Waals surface area contributed by atoms with Crippen LogP contribution in [0.25, 0.3) is 0 Å². The molecule has 0 unspecified atom stereocenters. The molecule has 0 saturated carbocycles. The lowest BCUT2D eigenvalue weighted by molar-refractivity contribution is 0.222. The largest absolute Gasteiger partial charge is 0.325 e. The Morgan fingerprint density at radius 1 is 1.23 bits per heavy atom. The second kappa shape index (κ2) is 6.60. The Kier molecular flexibility index (Phi) is 4.37. The van der Waals surface area contributed by atoms with Crippen LogP contribution in [0.5, 0.6) is 0 Å². The molecule has 3 rings (SSSR count). The summed E-state index contributed by atoms with van der Waals surface area (Å²) in [5, 5.41) is 3.04. The first kappa shape index (κ1) is 14.6. The van der Waals surface area contributed by atoms with E-state index in [4.69, 9.17) is 0 Å². The highest BCUT2D eigenvalue weighted by atomic mass is 16.2. The summed E-state index contributed by atoms with van der Waals surface area (Å²) >= 11 is 0. The normalized spacial score (nSPS) is 14.1. The van der Waals surface area contributed by atoms with Crippen molar-refractivity contribution in [2.75, 3.05) is 18.4 Å². The van der Waals surface area contributed by atoms with Crippen LogP contribution in [-0.4, -0.2) is 29.0 Å². The maximum atomic E-state index is 12.2. The van der Waals surface area contributed by atoms with E-state index in [0.717, 1.165) is 54.9 Å². The van der Waals surface area contributed by atoms with Crippen molar-refractivity contribution in [3.05, 3.63) is 59.4 Å². The Bertz CT molecular complexity index is 649. The van der Waals surface area contributed by atoms with E-state index in [1.807, 2.05) is 30.0 Å². The number of nitrogens with zero attached hydrogens (tertiary/aromatic N) is 2. The molecule has 2 amide bonds. The van der Waals surface area contributed by atoms with Crippen molar-refractivity contribution in [2.24, 2.45) is 0 Å². The monoisotopic (exact) mass is 295 g/mol. The summed E-state index contributed by atoms with van der Waals surface area (Å²) in [6, 6.07) is 12.1. The number of anilines is 1. The average Bonchev–Trinajstić information content (AvgIpc) is 3.06. The van der Waals surface area contributed by atoms with Crippen LogP contribution in [0.2, 0.25) is 0 Å². The quantitative estimate of drug-likeness (QED) is 0.940. The van der Waals surface area contributed by atoms with Gasteiger partial charge in [-0.1, -0.05) is 18.2 Å². The van der Waals surface area contributed by atoms with Gasteiger partial charge in [0.2, 0.25) is 0 Å². The van der Waals surface area contributed by atoms with Crippen LogP contribution < -0.4 is 5.32 Å². The van der Waals surface area contributed by atoms with E-state index in [9.17, 15) is 4.79 Å². The molecule has 1 fully saturated rings. The molecule has 1 aliphatic rings. The van der Waals surface area contributed by atoms with E-state index in [-0.39, 0.29) is 6.03 Å². The van der Waals surface area contributed by atoms with Crippen LogP contribution in [0.1, 0.15) is 29.7 Å². The fourth-order valence-electron chi connectivity index (χ4n) is 2.74. The van der Waals surface area contributed by atoms with Crippen LogP contribution >= 0.6 is 0 Å². The smallest absolute Gasteiger partial charge is 0.321 e. The molecule has 114 valence electrons. The van der Waals surface area contributed by atoms with Crippen molar-refractivity contribution < 1.29 is 4.79 Å². The molecular weight excluding hydrogens is 274 g/mol. The number of aromatic nitrogens is 1. The van der Waals surface area contributed by atoms with Crippen LogP contribution in [0.3, 0.4) is 0 Å². The number of likely N-dealkylation sites (tertiary alicyclic amines) is 1. The minimum Gasteiger partial charge on any atom is -0.325 e. The maximum absolute atomic E-state index is 12.2. The summed E-state index contributed by atoms with van der Waals surface area (Å²) < 4.78 is 0. The van der Waals surface area contributed by atoms with Crippen molar-refractivity contribution in [3.63, 3.8) is 0 Å². The molecule has 1 saturated heterocycles. The zero-order chi connectivity index (χ0) is 15.4. The molecule has 2 heterocycles. The third-order valence-corrected chi connectivity index (χ3v) is 4.05. The van der Waals surface area contributed by atoms with Crippen LogP contribution in [0.4, 0.5) is 10.5 Å². The van der Waals surface area contributed by atoms with E-state index >= 15 is 0 Å². The molecule has 1 aromatic carbocycles. The van der Waals surface area contributed by atoms with E-state index in [1.54, 1.807) is 6.20 Å². The van der Waals surface area contributed by atoms with Crippen molar-refractivity contribution in [2.45, 2.75) is 26.2 Å². The molecule has 4 nitrogen and oxygen atoms in total. The van der Waals surface area contributed by atoms with Gasteiger partial charge in [-0.05, 0) is 49.1 Å². The van der Waals surface area contributed by atoms with Gasteiger partial charge >= 0.3 is 6.03 Å². The van der Waals surface area contributed by atoms with Crippen LogP contribution in [-0.2, 0) is 6.42 Å². The average molecular weight is 295 g/mol. The number of nitrogens with one attached hydrogen (secondary N) is 1. The second-order valence-corrected chi connectivity index (χ2v) is 5.77. The van der Waals surface area contributed by atoms with Gasteiger partial charge in [0.1, 0.15) is 0 Å². The van der Waals surface area contributed by atoms with Gasteiger partial charge in [-0.2, -0.15) is 0 Å². The van der Waals surface area contributed by atoms with E-state index in [0.29, 0.717) is 0 Å². The number of rotatable bonds is 3. The number of hydrogen-bond donors (Lipinski definition) is 1. The fraction of sp³-hybridized carbons (Fsp3) is 0.333. The van der Waals surface area contributed by atoms with E-state index in [2.05, 4.69) is 28.5 Å². The van der Waals surface area contributed by atoms with Gasteiger partial charge in [-0.25, -0.2) is 4.79 Å². The molecule has 1 aromatic heterocycles. The molecular formula is C18H21N3O. The summed E-state index contributed by atoms with van der Waals surface area (Å²) in [4.78, 5) is 18.5. The summed E-state index contributed by atoms with van der Waals surface area (Å²) in [6.45, 7) is 3.74. The zero-order valence-electron chi connectivity index (χ0n) is 12.9. The van der Waals surface area contributed by atoms with Gasteiger partial charge in [0, 0.05) is 37.1 Å². The topological polar surface area (TPSA) is 45.2 Å². The lowest BCUT2D eigenvalue weighted by Crippen LogP contribution is -2.32. The number of aryl methyl sites for hydroxylation is 1. The van der Waals surface area contributed by atoms with Gasteiger partial charge < -0.3 is 10.2 Å². The molecule has 2 aromatic rings. The van der Waals surface area contributed by atoms with E-state index < -0.39 is 0 Å². The fourth-order valence-corrected chi connectivity index (χ4v) is 2.74. The van der Waals surface area contributed by atoms with Gasteiger partial charge in [0.05, 0.1) is 0 Å². The summed E-state index contributed by atoms with van der Waals surface area (Å²) in [7, 11) is 0. The summed E-state index contributed by atoms with van der Waals surface area (Å²) in [6.07, 6.45) is 4.78. The number of urea groups is 1. The second-order valence-electron chi connectivity index (χ2n) is 5.77. The molecule has 1 N–H and O–H groups in total. The molecule has 0 bridgehead atoms. The first-order chi connectivity index (χ1) is 10.7. The van der Waals surface area contributed by atoms with Gasteiger partial charge in [0.25, 0.3) is 0 Å². The Morgan fingerprint density at radius 2 is 2.05 bits per heavy atom. The van der Waals surface area contributed by atoms with Gasteiger partial charge in [-0.15, -0.1) is 0 Å². The maximum Gasteiger partial charge on any atom is 0.321 e. The SMILES string of the molecule is Cc1ccc(Cc2ccccn2)cc1NC(=O)N1CCCC1. The number of carbonyl (C=O) groups excluding carboxylic acids is 1. The molecule has 22 heavy (non-hydrogen) atoms.